The van der Waals surface area contributed by atoms with Gasteiger partial charge in [-0.1, -0.05) is 26.0 Å². The summed E-state index contributed by atoms with van der Waals surface area (Å²) in [6.45, 7) is 4.28. The highest BCUT2D eigenvalue weighted by Gasteiger charge is 2.54. The van der Waals surface area contributed by atoms with E-state index in [1.165, 1.54) is 11.1 Å². The van der Waals surface area contributed by atoms with Crippen molar-refractivity contribution in [1.29, 1.82) is 0 Å². The predicted octanol–water partition coefficient (Wildman–Crippen LogP) is 4.22. The number of amides is 1. The zero-order valence-corrected chi connectivity index (χ0v) is 18.1. The van der Waals surface area contributed by atoms with E-state index in [-0.39, 0.29) is 11.9 Å². The molecular formula is C25H23FN4O2. The van der Waals surface area contributed by atoms with Gasteiger partial charge in [0, 0.05) is 29.9 Å². The summed E-state index contributed by atoms with van der Waals surface area (Å²) in [7, 11) is 1.60. The molecule has 1 aromatic heterocycles. The van der Waals surface area contributed by atoms with Crippen LogP contribution < -0.4 is 10.5 Å². The molecule has 1 unspecified atom stereocenters. The summed E-state index contributed by atoms with van der Waals surface area (Å²) in [4.78, 5) is 23.4. The summed E-state index contributed by atoms with van der Waals surface area (Å²) >= 11 is 0. The molecule has 0 radical (unpaired) electrons. The van der Waals surface area contributed by atoms with Crippen molar-refractivity contribution in [2.45, 2.75) is 25.8 Å². The van der Waals surface area contributed by atoms with Crippen LogP contribution in [-0.2, 0) is 16.8 Å². The number of benzene rings is 2. The van der Waals surface area contributed by atoms with Crippen LogP contribution in [0.25, 0.3) is 11.1 Å². The maximum atomic E-state index is 14.4. The summed E-state index contributed by atoms with van der Waals surface area (Å²) in [5.74, 6) is 0.757. The molecule has 5 rings (SSSR count). The molecule has 3 aromatic rings. The van der Waals surface area contributed by atoms with Gasteiger partial charge in [-0.25, -0.2) is 9.98 Å². The number of aromatic nitrogens is 1. The van der Waals surface area contributed by atoms with Gasteiger partial charge in [0.05, 0.1) is 0 Å². The van der Waals surface area contributed by atoms with Crippen LogP contribution in [0.1, 0.15) is 30.5 Å². The number of halogens is 1. The van der Waals surface area contributed by atoms with Crippen molar-refractivity contribution in [3.05, 3.63) is 77.4 Å². The summed E-state index contributed by atoms with van der Waals surface area (Å²) in [5.41, 5.74) is 7.91. The minimum Gasteiger partial charge on any atom is -0.457 e. The standard InChI is InChI=1S/C25H23FN4O2/c1-14(2)11-15-6-8-20-18(12-15)25(23(31)30(3)24(27)29-25)19-13-16(7-9-21(19)32-20)17-5-4-10-28-22(17)26/h4-10,12-14H,11H2,1-3H3,(H2,27,29). The average molecular weight is 430 g/mol. The number of nitrogens with two attached hydrogens (primary N) is 1. The van der Waals surface area contributed by atoms with Crippen LogP contribution in [0.5, 0.6) is 11.5 Å². The number of fused-ring (bicyclic) bond motifs is 4. The lowest BCUT2D eigenvalue weighted by Crippen LogP contribution is -2.42. The number of likely N-dealkylation sites (N-methyl/N-ethyl adjacent to an activating group) is 1. The van der Waals surface area contributed by atoms with Crippen molar-refractivity contribution in [2.75, 3.05) is 7.05 Å². The van der Waals surface area contributed by atoms with Gasteiger partial charge in [0.2, 0.25) is 11.5 Å². The summed E-state index contributed by atoms with van der Waals surface area (Å²) < 4.78 is 20.6. The summed E-state index contributed by atoms with van der Waals surface area (Å²) in [6.07, 6.45) is 2.25. The van der Waals surface area contributed by atoms with Crippen molar-refractivity contribution in [2.24, 2.45) is 16.6 Å². The van der Waals surface area contributed by atoms with Gasteiger partial charge in [-0.15, -0.1) is 0 Å². The maximum Gasteiger partial charge on any atom is 0.266 e. The molecule has 0 aliphatic carbocycles. The molecule has 0 fully saturated rings. The van der Waals surface area contributed by atoms with E-state index in [0.717, 1.165) is 12.0 Å². The highest BCUT2D eigenvalue weighted by atomic mass is 19.1. The zero-order valence-electron chi connectivity index (χ0n) is 18.1. The average Bonchev–Trinajstić information content (AvgIpc) is 2.99. The number of carbonyl (C=O) groups is 1. The second-order valence-electron chi connectivity index (χ2n) is 8.63. The largest absolute Gasteiger partial charge is 0.457 e. The Morgan fingerprint density at radius 3 is 2.50 bits per heavy atom. The molecule has 0 saturated heterocycles. The number of guanidine groups is 1. The first kappa shape index (κ1) is 20.2. The van der Waals surface area contributed by atoms with Gasteiger partial charge in [0.15, 0.2) is 5.96 Å². The first-order valence-electron chi connectivity index (χ1n) is 10.5. The number of hydrogen-bond donors (Lipinski definition) is 1. The SMILES string of the molecule is CC(C)Cc1ccc2c(c1)C1(N=C(N)N(C)C1=O)c1cc(-c3cccnc3F)ccc1O2. The second kappa shape index (κ2) is 7.15. The molecule has 0 bridgehead atoms. The zero-order chi connectivity index (χ0) is 22.6. The van der Waals surface area contributed by atoms with Crippen LogP contribution in [0.15, 0.2) is 59.7 Å². The normalized spacial score (nSPS) is 19.1. The molecular weight excluding hydrogens is 407 g/mol. The molecule has 3 heterocycles. The third-order valence-corrected chi connectivity index (χ3v) is 5.98. The molecule has 2 aliphatic heterocycles. The molecule has 2 N–H and O–H groups in total. The fourth-order valence-electron chi connectivity index (χ4n) is 4.47. The number of pyridine rings is 1. The van der Waals surface area contributed by atoms with Crippen LogP contribution in [0, 0.1) is 11.9 Å². The second-order valence-corrected chi connectivity index (χ2v) is 8.63. The van der Waals surface area contributed by atoms with Crippen LogP contribution in [0.3, 0.4) is 0 Å². The first-order valence-corrected chi connectivity index (χ1v) is 10.5. The predicted molar refractivity (Wildman–Crippen MR) is 120 cm³/mol. The Morgan fingerprint density at radius 2 is 1.84 bits per heavy atom. The minimum atomic E-state index is -1.39. The van der Waals surface area contributed by atoms with Gasteiger partial charge in [-0.2, -0.15) is 4.39 Å². The number of hydrogen-bond acceptors (Lipinski definition) is 5. The molecule has 1 spiro atoms. The Kier molecular flexibility index (Phi) is 4.51. The highest BCUT2D eigenvalue weighted by Crippen LogP contribution is 2.52. The molecule has 2 aromatic carbocycles. The van der Waals surface area contributed by atoms with Crippen molar-refractivity contribution in [3.8, 4) is 22.6 Å². The van der Waals surface area contributed by atoms with Crippen molar-refractivity contribution < 1.29 is 13.9 Å². The Labute approximate surface area is 185 Å². The Balaban J connectivity index is 1.77. The minimum absolute atomic E-state index is 0.126. The molecule has 7 heteroatoms. The van der Waals surface area contributed by atoms with Crippen LogP contribution in [-0.4, -0.2) is 28.8 Å². The molecule has 1 amide bonds. The number of aliphatic imine (C=N–C) groups is 1. The van der Waals surface area contributed by atoms with Crippen molar-refractivity contribution in [1.82, 2.24) is 9.88 Å². The van der Waals surface area contributed by atoms with Gasteiger partial charge >= 0.3 is 0 Å². The molecule has 32 heavy (non-hydrogen) atoms. The summed E-state index contributed by atoms with van der Waals surface area (Å²) in [6, 6.07) is 14.4. The van der Waals surface area contributed by atoms with Crippen molar-refractivity contribution >= 4 is 11.9 Å². The Bertz CT molecular complexity index is 1290. The number of ether oxygens (including phenoxy) is 1. The van der Waals surface area contributed by atoms with E-state index in [4.69, 9.17) is 10.5 Å². The van der Waals surface area contributed by atoms with Gasteiger partial charge in [-0.05, 0) is 59.9 Å². The van der Waals surface area contributed by atoms with Gasteiger partial charge in [0.25, 0.3) is 5.91 Å². The third-order valence-electron chi connectivity index (χ3n) is 5.98. The summed E-state index contributed by atoms with van der Waals surface area (Å²) in [5, 5.41) is 0. The lowest BCUT2D eigenvalue weighted by Gasteiger charge is -2.34. The number of rotatable bonds is 3. The van der Waals surface area contributed by atoms with Gasteiger partial charge in [0.1, 0.15) is 11.5 Å². The van der Waals surface area contributed by atoms with Crippen LogP contribution in [0.4, 0.5) is 4.39 Å². The molecule has 2 aliphatic rings. The van der Waals surface area contributed by atoms with E-state index in [2.05, 4.69) is 23.8 Å². The van der Waals surface area contributed by atoms with Gasteiger partial charge in [-0.3, -0.25) is 9.69 Å². The van der Waals surface area contributed by atoms with E-state index >= 15 is 0 Å². The van der Waals surface area contributed by atoms with Gasteiger partial charge < -0.3 is 10.5 Å². The topological polar surface area (TPSA) is 80.8 Å². The molecule has 162 valence electrons. The van der Waals surface area contributed by atoms with E-state index in [9.17, 15) is 9.18 Å². The van der Waals surface area contributed by atoms with E-state index in [0.29, 0.717) is 39.7 Å². The van der Waals surface area contributed by atoms with E-state index in [1.807, 2.05) is 18.2 Å². The fraction of sp³-hybridized carbons (Fsp3) is 0.240. The maximum absolute atomic E-state index is 14.4. The van der Waals surface area contributed by atoms with Crippen molar-refractivity contribution in [3.63, 3.8) is 0 Å². The monoisotopic (exact) mass is 430 g/mol. The third kappa shape index (κ3) is 2.88. The molecule has 0 saturated carbocycles. The van der Waals surface area contributed by atoms with Crippen LogP contribution in [0.2, 0.25) is 0 Å². The fourth-order valence-corrected chi connectivity index (χ4v) is 4.47. The highest BCUT2D eigenvalue weighted by molar-refractivity contribution is 6.10. The number of carbonyl (C=O) groups excluding carboxylic acids is 1. The smallest absolute Gasteiger partial charge is 0.266 e. The lowest BCUT2D eigenvalue weighted by atomic mass is 9.78. The Morgan fingerprint density at radius 1 is 1.12 bits per heavy atom. The lowest BCUT2D eigenvalue weighted by molar-refractivity contribution is -0.129. The first-order chi connectivity index (χ1) is 15.3. The quantitative estimate of drug-likeness (QED) is 0.631. The van der Waals surface area contributed by atoms with E-state index < -0.39 is 11.5 Å². The number of nitrogens with zero attached hydrogens (tertiary/aromatic N) is 3. The molecule has 6 nitrogen and oxygen atoms in total. The van der Waals surface area contributed by atoms with E-state index in [1.54, 1.807) is 37.4 Å². The Hall–Kier alpha value is -3.74. The van der Waals surface area contributed by atoms with Crippen LogP contribution >= 0.6 is 0 Å². The molecule has 1 atom stereocenters.